The Morgan fingerprint density at radius 1 is 0.603 bits per heavy atom. The van der Waals surface area contributed by atoms with Crippen LogP contribution in [0, 0.1) is 21.3 Å². The first-order chi connectivity index (χ1) is 29.8. The fourth-order valence-electron chi connectivity index (χ4n) is 6.58. The number of rotatable bonds is 15. The van der Waals surface area contributed by atoms with Gasteiger partial charge < -0.3 is 34.7 Å². The van der Waals surface area contributed by atoms with Gasteiger partial charge in [0.25, 0.3) is 12.9 Å². The molecule has 0 radical (unpaired) electrons. The molecular weight excluding hydrogens is 916 g/mol. The molecule has 0 N–H and O–H groups in total. The average Bonchev–Trinajstić information content (AvgIpc) is 3.25. The molecular formula is C49H55N7O4RuS2. The minimum atomic E-state index is 0. The smallest absolute Gasteiger partial charge is 0.696 e. The number of nitriles is 2. The number of fused-ring (bicyclic) bond motifs is 3. The van der Waals surface area contributed by atoms with E-state index in [1.807, 2.05) is 12.4 Å². The van der Waals surface area contributed by atoms with Crippen molar-refractivity contribution in [2.24, 2.45) is 0 Å². The zero-order valence-electron chi connectivity index (χ0n) is 37.0. The van der Waals surface area contributed by atoms with E-state index in [4.69, 9.17) is 30.0 Å². The Morgan fingerprint density at radius 3 is 1.40 bits per heavy atom. The molecule has 4 aromatic heterocycles. The van der Waals surface area contributed by atoms with E-state index >= 15 is 0 Å². The van der Waals surface area contributed by atoms with Crippen LogP contribution < -0.4 is 14.4 Å². The van der Waals surface area contributed by atoms with Gasteiger partial charge in [0, 0.05) is 41.2 Å². The Labute approximate surface area is 396 Å². The summed E-state index contributed by atoms with van der Waals surface area (Å²) in [5.74, 6) is 2.60. The van der Waals surface area contributed by atoms with E-state index in [1.165, 1.54) is 84.8 Å². The van der Waals surface area contributed by atoms with Gasteiger partial charge in [0.15, 0.2) is 0 Å². The van der Waals surface area contributed by atoms with Gasteiger partial charge in [-0.15, -0.1) is 0 Å². The van der Waals surface area contributed by atoms with Crippen LogP contribution in [0.2, 0.25) is 0 Å². The van der Waals surface area contributed by atoms with Gasteiger partial charge in [0.1, 0.15) is 34.2 Å². The number of benzene rings is 2. The number of carbonyl (C=O) groups is 2. The molecule has 330 valence electrons. The largest absolute Gasteiger partial charge is 2.00 e. The number of nitrogens with zero attached hydrogens (tertiary/aromatic N) is 7. The van der Waals surface area contributed by atoms with Crippen LogP contribution in [0.25, 0.3) is 21.8 Å². The molecule has 4 heterocycles. The van der Waals surface area contributed by atoms with Gasteiger partial charge in [0.2, 0.25) is 0 Å². The van der Waals surface area contributed by atoms with Crippen molar-refractivity contribution in [2.45, 2.75) is 111 Å². The Balaban J connectivity index is 0.000000424. The summed E-state index contributed by atoms with van der Waals surface area (Å²) in [5, 5.41) is 18.2. The third kappa shape index (κ3) is 16.5. The topological polar surface area (TPSA) is 155 Å². The van der Waals surface area contributed by atoms with Gasteiger partial charge in [-0.3, -0.25) is 24.5 Å². The van der Waals surface area contributed by atoms with Crippen LogP contribution in [-0.4, -0.2) is 32.9 Å². The van der Waals surface area contributed by atoms with Crippen LogP contribution in [0.15, 0.2) is 97.6 Å². The Morgan fingerprint density at radius 2 is 1.00 bits per heavy atom. The number of hydrogen-bond acceptors (Lipinski definition) is 13. The molecule has 0 spiro atoms. The van der Waals surface area contributed by atoms with E-state index in [-0.39, 0.29) is 30.3 Å². The molecule has 2 aromatic carbocycles. The number of unbranched alkanes of at least 4 members (excludes halogenated alkanes) is 6. The maximum atomic E-state index is 10.5. The molecule has 0 atom stereocenters. The van der Waals surface area contributed by atoms with Gasteiger partial charge in [-0.1, -0.05) is 110 Å². The van der Waals surface area contributed by atoms with Crippen LogP contribution in [0.1, 0.15) is 110 Å². The zero-order chi connectivity index (χ0) is 45.5. The number of aryl methyl sites for hydroxylation is 1. The summed E-state index contributed by atoms with van der Waals surface area (Å²) in [7, 11) is 0. The van der Waals surface area contributed by atoms with Crippen LogP contribution >= 0.6 is 0 Å². The van der Waals surface area contributed by atoms with Crippen molar-refractivity contribution in [1.29, 1.82) is 10.5 Å². The summed E-state index contributed by atoms with van der Waals surface area (Å²) < 4.78 is 9.82. The maximum Gasteiger partial charge on any atom is 2.00 e. The molecule has 6 rings (SSSR count). The van der Waals surface area contributed by atoms with Crippen molar-refractivity contribution in [3.63, 3.8) is 0 Å². The van der Waals surface area contributed by atoms with Gasteiger partial charge in [-0.05, 0) is 101 Å². The first kappa shape index (κ1) is 53.5. The molecule has 63 heavy (non-hydrogen) atoms. The fourth-order valence-corrected chi connectivity index (χ4v) is 6.58. The van der Waals surface area contributed by atoms with Crippen molar-refractivity contribution in [2.75, 3.05) is 4.90 Å². The SMILES string of the molecule is CCCCCCCCCc1ccc(N(c2cc(C(C)(C)C)ccn2)c2cc(C(C)(C)C)ccn2)cc1.N#C[S-].N#C[S-].O=COc1ccnc2c1ccc1c(OC=O)ccnc12.[Ru+2]. The summed E-state index contributed by atoms with van der Waals surface area (Å²) in [6, 6.07) is 24.3. The minimum Gasteiger partial charge on any atom is -0.696 e. The number of thiocyanates is 2. The van der Waals surface area contributed by atoms with Gasteiger partial charge in [-0.25, -0.2) is 20.5 Å². The number of hydrogen-bond donors (Lipinski definition) is 0. The van der Waals surface area contributed by atoms with Crippen molar-refractivity contribution in [3.05, 3.63) is 114 Å². The first-order valence-electron chi connectivity index (χ1n) is 20.5. The van der Waals surface area contributed by atoms with Crippen molar-refractivity contribution in [1.82, 2.24) is 19.9 Å². The second kappa shape index (κ2) is 27.4. The van der Waals surface area contributed by atoms with Crippen molar-refractivity contribution < 1.29 is 38.5 Å². The molecule has 0 aliphatic carbocycles. The van der Waals surface area contributed by atoms with Crippen LogP contribution in [0.4, 0.5) is 17.3 Å². The van der Waals surface area contributed by atoms with Gasteiger partial charge in [-0.2, -0.15) is 0 Å². The van der Waals surface area contributed by atoms with E-state index in [0.717, 1.165) is 23.7 Å². The van der Waals surface area contributed by atoms with Crippen molar-refractivity contribution >= 4 is 77.3 Å². The third-order valence-corrected chi connectivity index (χ3v) is 9.84. The molecule has 6 aromatic rings. The van der Waals surface area contributed by atoms with E-state index in [2.05, 4.69) is 137 Å². The zero-order valence-corrected chi connectivity index (χ0v) is 40.4. The number of aromatic nitrogens is 4. The molecule has 0 bridgehead atoms. The monoisotopic (exact) mass is 971 g/mol. The van der Waals surface area contributed by atoms with Gasteiger partial charge in [0.05, 0.1) is 0 Å². The second-order valence-corrected chi connectivity index (χ2v) is 16.6. The second-order valence-electron chi connectivity index (χ2n) is 16.3. The van der Waals surface area contributed by atoms with E-state index in [9.17, 15) is 9.59 Å². The Kier molecular flexibility index (Phi) is 23.3. The van der Waals surface area contributed by atoms with E-state index in [0.29, 0.717) is 46.2 Å². The number of ether oxygens (including phenoxy) is 2. The predicted octanol–water partition coefficient (Wildman–Crippen LogP) is 11.7. The summed E-state index contributed by atoms with van der Waals surface area (Å²) in [6.07, 6.45) is 17.4. The molecule has 0 saturated carbocycles. The van der Waals surface area contributed by atoms with Crippen LogP contribution in [0.5, 0.6) is 11.5 Å². The average molecular weight is 971 g/mol. The summed E-state index contributed by atoms with van der Waals surface area (Å²) in [4.78, 5) is 41.3. The predicted molar refractivity (Wildman–Crippen MR) is 252 cm³/mol. The summed E-state index contributed by atoms with van der Waals surface area (Å²) in [5.41, 5.74) is 6.25. The van der Waals surface area contributed by atoms with E-state index in [1.54, 1.807) is 24.3 Å². The summed E-state index contributed by atoms with van der Waals surface area (Å²) in [6.45, 7) is 16.5. The van der Waals surface area contributed by atoms with Gasteiger partial charge >= 0.3 is 19.5 Å². The Bertz CT molecular complexity index is 2290. The molecule has 0 amide bonds. The molecule has 14 heteroatoms. The first-order valence-corrected chi connectivity index (χ1v) is 21.3. The third-order valence-electron chi connectivity index (χ3n) is 9.84. The van der Waals surface area contributed by atoms with Crippen LogP contribution in [-0.2, 0) is 71.6 Å². The Hall–Kier alpha value is -5.66. The molecule has 0 aliphatic heterocycles. The quantitative estimate of drug-likeness (QED) is 0.0240. The molecule has 0 unspecified atom stereocenters. The van der Waals surface area contributed by atoms with Crippen LogP contribution in [0.3, 0.4) is 0 Å². The molecule has 11 nitrogen and oxygen atoms in total. The van der Waals surface area contributed by atoms with E-state index < -0.39 is 0 Å². The number of carbonyl (C=O) groups excluding carboxylic acids is 2. The maximum absolute atomic E-state index is 10.5. The summed E-state index contributed by atoms with van der Waals surface area (Å²) >= 11 is 7.40. The number of pyridine rings is 4. The molecule has 0 saturated heterocycles. The normalized spacial score (nSPS) is 10.4. The molecule has 0 aliphatic rings. The fraction of sp³-hybridized carbons (Fsp3) is 0.347. The number of anilines is 3. The standard InChI is InChI=1S/C33H47N3.C14H8N2O4.2CHNS.Ru/c1-8-9-10-11-12-13-14-15-26-16-18-29(19-17-26)36(30-24-27(20-22-34-30)32(2,3)4)31-25-28(21-23-35-31)33(5,6)7;17-7-19-11-3-5-15-13-9(11)1-2-10-12(20-8-18)4-6-16-14(10)13;2*2-1-3;/h16-25H,8-15H2,1-7H3;1-8H;2*3H;/q;;;;+2/p-2. The van der Waals surface area contributed by atoms with Crippen molar-refractivity contribution in [3.8, 4) is 22.3 Å². The minimum absolute atomic E-state index is 0. The molecule has 0 fully saturated rings.